The molecule has 62 heavy (non-hydrogen) atoms. The third kappa shape index (κ3) is 13.9. The van der Waals surface area contributed by atoms with Crippen LogP contribution in [0.4, 0.5) is 10.1 Å². The fraction of sp³-hybridized carbons (Fsp3) is 0.294. The zero-order valence-corrected chi connectivity index (χ0v) is 35.1. The molecule has 0 atom stereocenters. The Kier molecular flexibility index (Phi) is 16.3. The van der Waals surface area contributed by atoms with Crippen molar-refractivity contribution < 1.29 is 28.2 Å². The second-order valence-electron chi connectivity index (χ2n) is 15.3. The zero-order valence-electron chi connectivity index (χ0n) is 35.1. The standard InChI is InChI=1S/C26H29N3O3.C25H25FN2O2/c30-26(28-19-21-4-2-1-3-5-21)18-24-9-6-23(20-27-24)22-7-10-25(11-8-22)32-17-14-29-12-15-31-16-13-29;26-22-3-1-2-19(16-22)4-11-25(29)17-23-8-5-21(18-27-23)20-6-9-24(10-7-20)28-12-14-30-15-13-28/h1-11,20H,12-19H2,(H,28,30);1-3,5-10,16,18H,4,11-15,17H2. The van der Waals surface area contributed by atoms with Crippen LogP contribution in [-0.2, 0) is 44.9 Å². The van der Waals surface area contributed by atoms with Gasteiger partial charge in [-0.05, 0) is 77.2 Å². The molecule has 1 N–H and O–H groups in total. The summed E-state index contributed by atoms with van der Waals surface area (Å²) in [6.07, 6.45) is 5.13. The number of halogens is 1. The molecule has 11 heteroatoms. The van der Waals surface area contributed by atoms with E-state index in [1.165, 1.54) is 17.8 Å². The number of morpholine rings is 2. The van der Waals surface area contributed by atoms with Crippen molar-refractivity contribution in [3.05, 3.63) is 168 Å². The average Bonchev–Trinajstić information content (AvgIpc) is 3.32. The molecule has 0 bridgehead atoms. The topological polar surface area (TPSA) is 106 Å². The molecule has 8 rings (SSSR count). The Labute approximate surface area is 363 Å². The number of hydrogen-bond acceptors (Lipinski definition) is 9. The van der Waals surface area contributed by atoms with Gasteiger partial charge in [0.05, 0.1) is 32.8 Å². The lowest BCUT2D eigenvalue weighted by atomic mass is 10.0. The number of aryl methyl sites for hydroxylation is 1. The zero-order chi connectivity index (χ0) is 42.8. The van der Waals surface area contributed by atoms with E-state index in [-0.39, 0.29) is 23.9 Å². The second-order valence-corrected chi connectivity index (χ2v) is 15.3. The minimum atomic E-state index is -0.268. The predicted molar refractivity (Wildman–Crippen MR) is 241 cm³/mol. The van der Waals surface area contributed by atoms with E-state index in [0.29, 0.717) is 32.4 Å². The van der Waals surface area contributed by atoms with E-state index < -0.39 is 0 Å². The molecule has 1 amide bonds. The van der Waals surface area contributed by atoms with Gasteiger partial charge in [-0.3, -0.25) is 24.5 Å². The summed E-state index contributed by atoms with van der Waals surface area (Å²) in [5, 5.41) is 2.94. The minimum Gasteiger partial charge on any atom is -0.492 e. The number of carbonyl (C=O) groups excluding carboxylic acids is 2. The summed E-state index contributed by atoms with van der Waals surface area (Å²) in [5.41, 5.74) is 8.84. The lowest BCUT2D eigenvalue weighted by Crippen LogP contribution is -2.38. The van der Waals surface area contributed by atoms with Crippen molar-refractivity contribution in [2.24, 2.45) is 0 Å². The fourth-order valence-electron chi connectivity index (χ4n) is 7.24. The highest BCUT2D eigenvalue weighted by molar-refractivity contribution is 5.81. The molecule has 4 aromatic carbocycles. The van der Waals surface area contributed by atoms with Crippen LogP contribution in [0.2, 0.25) is 0 Å². The molecule has 0 aliphatic carbocycles. The number of Topliss-reactive ketones (excluding diaryl/α,β-unsaturated/α-hetero) is 1. The Morgan fingerprint density at radius 3 is 1.87 bits per heavy atom. The SMILES string of the molecule is O=C(CCc1cccc(F)c1)Cc1ccc(-c2ccc(N3CCOCC3)cc2)cn1.O=C(Cc1ccc(-c2ccc(OCCN3CCOCC3)cc2)cn1)NCc1ccccc1. The van der Waals surface area contributed by atoms with E-state index in [1.807, 2.05) is 97.3 Å². The number of nitrogens with one attached hydrogen (secondary N) is 1. The number of rotatable bonds is 16. The Bertz CT molecular complexity index is 2280. The molecule has 10 nitrogen and oxygen atoms in total. The first-order valence-electron chi connectivity index (χ1n) is 21.4. The number of nitrogens with zero attached hydrogens (tertiary/aromatic N) is 4. The van der Waals surface area contributed by atoms with Gasteiger partial charge in [-0.1, -0.05) is 78.9 Å². The molecule has 0 unspecified atom stereocenters. The summed E-state index contributed by atoms with van der Waals surface area (Å²) in [4.78, 5) is 38.1. The normalized spacial score (nSPS) is 14.0. The molecular weight excluding hydrogens is 782 g/mol. The summed E-state index contributed by atoms with van der Waals surface area (Å²) in [7, 11) is 0. The third-order valence-corrected chi connectivity index (χ3v) is 10.8. The predicted octanol–water partition coefficient (Wildman–Crippen LogP) is 7.79. The van der Waals surface area contributed by atoms with Crippen LogP contribution in [0, 0.1) is 5.82 Å². The van der Waals surface area contributed by atoms with E-state index >= 15 is 0 Å². The van der Waals surface area contributed by atoms with E-state index in [1.54, 1.807) is 6.07 Å². The summed E-state index contributed by atoms with van der Waals surface area (Å²) in [6, 6.07) is 40.6. The van der Waals surface area contributed by atoms with Crippen molar-refractivity contribution in [3.63, 3.8) is 0 Å². The van der Waals surface area contributed by atoms with Gasteiger partial charge in [-0.25, -0.2) is 4.39 Å². The van der Waals surface area contributed by atoms with Gasteiger partial charge in [0.2, 0.25) is 5.91 Å². The number of anilines is 1. The quantitative estimate of drug-likeness (QED) is 0.105. The molecule has 0 radical (unpaired) electrons. The molecule has 2 aromatic heterocycles. The lowest BCUT2D eigenvalue weighted by molar-refractivity contribution is -0.120. The third-order valence-electron chi connectivity index (χ3n) is 10.8. The van der Waals surface area contributed by atoms with E-state index in [4.69, 9.17) is 14.2 Å². The Morgan fingerprint density at radius 1 is 0.645 bits per heavy atom. The summed E-state index contributed by atoms with van der Waals surface area (Å²) < 4.78 is 29.9. The molecule has 0 saturated carbocycles. The van der Waals surface area contributed by atoms with Crippen molar-refractivity contribution in [2.45, 2.75) is 32.2 Å². The molecule has 2 aliphatic heterocycles. The monoisotopic (exact) mass is 835 g/mol. The number of pyridine rings is 2. The van der Waals surface area contributed by atoms with Gasteiger partial charge in [0, 0.05) is 92.7 Å². The molecule has 2 aliphatic rings. The van der Waals surface area contributed by atoms with E-state index in [2.05, 4.69) is 49.4 Å². The molecule has 6 aromatic rings. The maximum atomic E-state index is 13.2. The van der Waals surface area contributed by atoms with Crippen molar-refractivity contribution in [2.75, 3.05) is 70.7 Å². The van der Waals surface area contributed by atoms with Gasteiger partial charge >= 0.3 is 0 Å². The highest BCUT2D eigenvalue weighted by atomic mass is 19.1. The van der Waals surface area contributed by atoms with Crippen LogP contribution in [0.5, 0.6) is 5.75 Å². The van der Waals surface area contributed by atoms with Crippen molar-refractivity contribution >= 4 is 17.4 Å². The molecule has 320 valence electrons. The van der Waals surface area contributed by atoms with Crippen molar-refractivity contribution in [1.82, 2.24) is 20.2 Å². The number of amides is 1. The van der Waals surface area contributed by atoms with Crippen LogP contribution in [0.1, 0.15) is 28.9 Å². The average molecular weight is 836 g/mol. The first kappa shape index (κ1) is 43.8. The Morgan fingerprint density at radius 2 is 1.24 bits per heavy atom. The van der Waals surface area contributed by atoms with E-state index in [0.717, 1.165) is 110 Å². The van der Waals surface area contributed by atoms with Gasteiger partial charge in [0.1, 0.15) is 24.0 Å². The van der Waals surface area contributed by atoms with Crippen LogP contribution in [-0.4, -0.2) is 92.3 Å². The van der Waals surface area contributed by atoms with Gasteiger partial charge in [0.15, 0.2) is 0 Å². The largest absolute Gasteiger partial charge is 0.492 e. The van der Waals surface area contributed by atoms with Gasteiger partial charge in [-0.15, -0.1) is 0 Å². The van der Waals surface area contributed by atoms with Crippen molar-refractivity contribution in [1.29, 1.82) is 0 Å². The molecule has 2 saturated heterocycles. The van der Waals surface area contributed by atoms with Gasteiger partial charge in [-0.2, -0.15) is 0 Å². The summed E-state index contributed by atoms with van der Waals surface area (Å²) in [6.45, 7) is 9.05. The molecule has 0 spiro atoms. The highest BCUT2D eigenvalue weighted by Gasteiger charge is 2.13. The maximum absolute atomic E-state index is 13.2. The first-order chi connectivity index (χ1) is 30.4. The minimum absolute atomic E-state index is 0.0346. The molecule has 4 heterocycles. The Hall–Kier alpha value is -6.27. The summed E-state index contributed by atoms with van der Waals surface area (Å²) >= 11 is 0. The fourth-order valence-corrected chi connectivity index (χ4v) is 7.24. The smallest absolute Gasteiger partial charge is 0.226 e. The number of carbonyl (C=O) groups is 2. The van der Waals surface area contributed by atoms with Gasteiger partial charge < -0.3 is 24.4 Å². The van der Waals surface area contributed by atoms with Crippen LogP contribution < -0.4 is 15.0 Å². The van der Waals surface area contributed by atoms with Crippen molar-refractivity contribution in [3.8, 4) is 28.0 Å². The highest BCUT2D eigenvalue weighted by Crippen LogP contribution is 2.25. The first-order valence-corrected chi connectivity index (χ1v) is 21.4. The Balaban J connectivity index is 0.000000187. The molecular formula is C51H54FN5O5. The summed E-state index contributed by atoms with van der Waals surface area (Å²) in [5.74, 6) is 0.666. The van der Waals surface area contributed by atoms with Crippen LogP contribution in [0.3, 0.4) is 0 Å². The molecule has 2 fully saturated rings. The number of benzene rings is 4. The number of aromatic nitrogens is 2. The van der Waals surface area contributed by atoms with Gasteiger partial charge in [0.25, 0.3) is 0 Å². The number of hydrogen-bond donors (Lipinski definition) is 1. The second kappa shape index (κ2) is 23.1. The number of ether oxygens (including phenoxy) is 3. The maximum Gasteiger partial charge on any atom is 0.226 e. The van der Waals surface area contributed by atoms with Crippen LogP contribution in [0.25, 0.3) is 22.3 Å². The van der Waals surface area contributed by atoms with Crippen LogP contribution in [0.15, 0.2) is 140 Å². The number of ketones is 1. The van der Waals surface area contributed by atoms with Crippen LogP contribution >= 0.6 is 0 Å². The lowest BCUT2D eigenvalue weighted by Gasteiger charge is -2.28. The van der Waals surface area contributed by atoms with E-state index in [9.17, 15) is 14.0 Å².